The minimum absolute atomic E-state index is 0.0297. The van der Waals surface area contributed by atoms with E-state index < -0.39 is 0 Å². The van der Waals surface area contributed by atoms with Gasteiger partial charge in [0.05, 0.1) is 7.11 Å². The number of carbonyl (C=O) groups excluding carboxylic acids is 1. The Kier molecular flexibility index (Phi) is 4.03. The van der Waals surface area contributed by atoms with Crippen molar-refractivity contribution in [2.45, 2.75) is 37.6 Å². The molecule has 0 radical (unpaired) electrons. The molecule has 0 heterocycles. The minimum atomic E-state index is -0.0297. The van der Waals surface area contributed by atoms with Crippen LogP contribution in [0.5, 0.6) is 5.75 Å². The van der Waals surface area contributed by atoms with Crippen molar-refractivity contribution in [3.8, 4) is 5.75 Å². The van der Waals surface area contributed by atoms with E-state index in [0.717, 1.165) is 30.7 Å². The molecule has 2 aromatic carbocycles. The first-order valence-electron chi connectivity index (χ1n) is 9.11. The van der Waals surface area contributed by atoms with Crippen molar-refractivity contribution in [2.24, 2.45) is 11.8 Å². The van der Waals surface area contributed by atoms with Crippen molar-refractivity contribution >= 4 is 11.5 Å². The average molecular weight is 335 g/mol. The molecule has 5 rings (SSSR count). The van der Waals surface area contributed by atoms with Crippen LogP contribution in [0.15, 0.2) is 54.6 Å². The summed E-state index contributed by atoms with van der Waals surface area (Å²) in [6, 6.07) is 18.8. The van der Waals surface area contributed by atoms with Crippen LogP contribution in [0.2, 0.25) is 0 Å². The maximum Gasteiger partial charge on any atom is 0.138 e. The van der Waals surface area contributed by atoms with Crippen LogP contribution in [0, 0.1) is 11.8 Å². The lowest BCUT2D eigenvalue weighted by Crippen LogP contribution is -2.61. The molecule has 0 saturated heterocycles. The lowest BCUT2D eigenvalue weighted by atomic mass is 9.51. The topological polar surface area (TPSA) is 38.3 Å². The van der Waals surface area contributed by atoms with Gasteiger partial charge in [-0.15, -0.1) is 0 Å². The van der Waals surface area contributed by atoms with Gasteiger partial charge in [0, 0.05) is 29.5 Å². The van der Waals surface area contributed by atoms with Gasteiger partial charge in [0.25, 0.3) is 0 Å². The fourth-order valence-corrected chi connectivity index (χ4v) is 4.90. The molecule has 2 bridgehead atoms. The predicted molar refractivity (Wildman–Crippen MR) is 100 cm³/mol. The highest BCUT2D eigenvalue weighted by molar-refractivity contribution is 5.85. The number of methoxy groups -OCH3 is 1. The van der Waals surface area contributed by atoms with Gasteiger partial charge in [0.1, 0.15) is 11.5 Å². The van der Waals surface area contributed by atoms with Crippen LogP contribution in [0.25, 0.3) is 0 Å². The number of fused-ring (bicyclic) bond motifs is 3. The van der Waals surface area contributed by atoms with Gasteiger partial charge in [0.2, 0.25) is 0 Å². The Balaban J connectivity index is 1.71. The van der Waals surface area contributed by atoms with E-state index in [1.54, 1.807) is 7.11 Å². The van der Waals surface area contributed by atoms with Gasteiger partial charge in [-0.3, -0.25) is 4.79 Å². The standard InChI is InChI=1S/C22H25NO2/c1-22(15-6-4-3-5-7-15)16-8-13-19(20(24)14-16)21(22)23-17-9-11-18(25-2)12-10-17/h3-7,9-12,16,19,21,23H,8,13-14H2,1-2H3/t16-,19+,21-,22-/m0/s1. The zero-order valence-corrected chi connectivity index (χ0v) is 14.9. The molecule has 0 amide bonds. The molecule has 130 valence electrons. The number of Topliss-reactive ketones (excluding diaryl/α,β-unsaturated/α-hetero) is 1. The Bertz CT molecular complexity index is 755. The van der Waals surface area contributed by atoms with Gasteiger partial charge in [-0.1, -0.05) is 37.3 Å². The highest BCUT2D eigenvalue weighted by Crippen LogP contribution is 2.53. The van der Waals surface area contributed by atoms with E-state index in [2.05, 4.69) is 42.6 Å². The third kappa shape index (κ3) is 2.62. The highest BCUT2D eigenvalue weighted by atomic mass is 16.5. The molecule has 3 heteroatoms. The number of nitrogens with one attached hydrogen (secondary N) is 1. The van der Waals surface area contributed by atoms with Crippen molar-refractivity contribution in [1.82, 2.24) is 0 Å². The molecule has 3 fully saturated rings. The Morgan fingerprint density at radius 3 is 2.40 bits per heavy atom. The molecular formula is C22H25NO2. The van der Waals surface area contributed by atoms with E-state index in [0.29, 0.717) is 11.7 Å². The van der Waals surface area contributed by atoms with E-state index in [1.165, 1.54) is 5.56 Å². The molecule has 25 heavy (non-hydrogen) atoms. The predicted octanol–water partition coefficient (Wildman–Crippen LogP) is 4.43. The Morgan fingerprint density at radius 1 is 1.04 bits per heavy atom. The van der Waals surface area contributed by atoms with Crippen LogP contribution in [-0.2, 0) is 10.2 Å². The Labute approximate surface area is 149 Å². The third-order valence-electron chi connectivity index (χ3n) is 6.39. The average Bonchev–Trinajstić information content (AvgIpc) is 2.66. The summed E-state index contributed by atoms with van der Waals surface area (Å²) in [6.45, 7) is 2.34. The van der Waals surface area contributed by atoms with E-state index in [1.807, 2.05) is 24.3 Å². The number of benzene rings is 2. The fraction of sp³-hybridized carbons (Fsp3) is 0.409. The zero-order valence-electron chi connectivity index (χ0n) is 14.9. The van der Waals surface area contributed by atoms with Crippen molar-refractivity contribution in [3.05, 3.63) is 60.2 Å². The molecule has 2 aromatic rings. The number of hydrogen-bond donors (Lipinski definition) is 1. The number of ether oxygens (including phenoxy) is 1. The fourth-order valence-electron chi connectivity index (χ4n) is 4.90. The molecule has 3 nitrogen and oxygen atoms in total. The third-order valence-corrected chi connectivity index (χ3v) is 6.39. The van der Waals surface area contributed by atoms with E-state index in [9.17, 15) is 4.79 Å². The van der Waals surface area contributed by atoms with E-state index in [4.69, 9.17) is 4.74 Å². The maximum atomic E-state index is 12.6. The summed E-state index contributed by atoms with van der Waals surface area (Å²) in [5.41, 5.74) is 2.36. The Hall–Kier alpha value is -2.29. The molecule has 4 atom stereocenters. The second-order valence-electron chi connectivity index (χ2n) is 7.55. The summed E-state index contributed by atoms with van der Waals surface area (Å²) in [7, 11) is 1.67. The van der Waals surface area contributed by atoms with Crippen LogP contribution in [0.1, 0.15) is 31.7 Å². The van der Waals surface area contributed by atoms with Crippen molar-refractivity contribution in [1.29, 1.82) is 0 Å². The van der Waals surface area contributed by atoms with Gasteiger partial charge in [-0.2, -0.15) is 0 Å². The van der Waals surface area contributed by atoms with Crippen LogP contribution in [0.4, 0.5) is 5.69 Å². The van der Waals surface area contributed by atoms with E-state index >= 15 is 0 Å². The SMILES string of the molecule is COc1ccc(N[C@H]2[C@@H]3CC[C@@H](CC3=O)[C@]2(C)c2ccccc2)cc1. The largest absolute Gasteiger partial charge is 0.497 e. The molecule has 1 N–H and O–H groups in total. The van der Waals surface area contributed by atoms with Crippen LogP contribution >= 0.6 is 0 Å². The second kappa shape index (κ2) is 6.21. The summed E-state index contributed by atoms with van der Waals surface area (Å²) in [5.74, 6) is 1.77. The van der Waals surface area contributed by atoms with Crippen molar-refractivity contribution in [3.63, 3.8) is 0 Å². The number of anilines is 1. The first kappa shape index (κ1) is 16.2. The number of carbonyl (C=O) groups is 1. The number of hydrogen-bond acceptors (Lipinski definition) is 3. The molecular weight excluding hydrogens is 310 g/mol. The van der Waals surface area contributed by atoms with Gasteiger partial charge >= 0.3 is 0 Å². The summed E-state index contributed by atoms with van der Waals surface area (Å²) in [5, 5.41) is 3.71. The van der Waals surface area contributed by atoms with Crippen LogP contribution in [0.3, 0.4) is 0 Å². The van der Waals surface area contributed by atoms with Crippen LogP contribution in [-0.4, -0.2) is 18.9 Å². The normalized spacial score (nSPS) is 31.0. The number of rotatable bonds is 4. The van der Waals surface area contributed by atoms with Gasteiger partial charge < -0.3 is 10.1 Å². The van der Waals surface area contributed by atoms with Gasteiger partial charge in [-0.25, -0.2) is 0 Å². The van der Waals surface area contributed by atoms with E-state index in [-0.39, 0.29) is 17.4 Å². The summed E-state index contributed by atoms with van der Waals surface area (Å²) >= 11 is 0. The smallest absolute Gasteiger partial charge is 0.138 e. The lowest BCUT2D eigenvalue weighted by Gasteiger charge is -2.55. The minimum Gasteiger partial charge on any atom is -0.497 e. The summed E-state index contributed by atoms with van der Waals surface area (Å²) in [4.78, 5) is 12.6. The van der Waals surface area contributed by atoms with Gasteiger partial charge in [0.15, 0.2) is 0 Å². The second-order valence-corrected chi connectivity index (χ2v) is 7.55. The van der Waals surface area contributed by atoms with Crippen molar-refractivity contribution < 1.29 is 9.53 Å². The quantitative estimate of drug-likeness (QED) is 0.898. The molecule has 0 aromatic heterocycles. The monoisotopic (exact) mass is 335 g/mol. The van der Waals surface area contributed by atoms with Crippen LogP contribution < -0.4 is 10.1 Å². The summed E-state index contributed by atoms with van der Waals surface area (Å²) in [6.07, 6.45) is 2.86. The maximum absolute atomic E-state index is 12.6. The lowest BCUT2D eigenvalue weighted by molar-refractivity contribution is -0.133. The first-order chi connectivity index (χ1) is 12.1. The molecule has 0 spiro atoms. The van der Waals surface area contributed by atoms with Gasteiger partial charge in [-0.05, 0) is 48.6 Å². The molecule has 0 unspecified atom stereocenters. The zero-order chi connectivity index (χ0) is 17.4. The Morgan fingerprint density at radius 2 is 1.76 bits per heavy atom. The molecule has 0 aliphatic heterocycles. The molecule has 3 saturated carbocycles. The highest BCUT2D eigenvalue weighted by Gasteiger charge is 2.55. The molecule has 3 aliphatic carbocycles. The summed E-state index contributed by atoms with van der Waals surface area (Å²) < 4.78 is 5.25. The van der Waals surface area contributed by atoms with Crippen molar-refractivity contribution in [2.75, 3.05) is 12.4 Å². The first-order valence-corrected chi connectivity index (χ1v) is 9.11. The number of ketones is 1. The molecule has 3 aliphatic rings.